The minimum atomic E-state index is 0.0193. The van der Waals surface area contributed by atoms with Crippen molar-refractivity contribution >= 4 is 35.2 Å². The maximum absolute atomic E-state index is 6.12. The third-order valence-corrected chi connectivity index (χ3v) is 6.61. The molecule has 0 amide bonds. The third-order valence-electron chi connectivity index (χ3n) is 6.61. The highest BCUT2D eigenvalue weighted by molar-refractivity contribution is 6.39. The van der Waals surface area contributed by atoms with Crippen LogP contribution in [0.3, 0.4) is 0 Å². The minimum absolute atomic E-state index is 0.0193. The van der Waals surface area contributed by atoms with Crippen LogP contribution in [0.25, 0.3) is 44.2 Å². The quantitative estimate of drug-likeness (QED) is 0.338. The van der Waals surface area contributed by atoms with Crippen molar-refractivity contribution in [3.8, 4) is 22.3 Å². The van der Waals surface area contributed by atoms with Gasteiger partial charge in [0.2, 0.25) is 0 Å². The second kappa shape index (κ2) is 5.64. The number of fused-ring (bicyclic) bond motifs is 6. The van der Waals surface area contributed by atoms with E-state index in [1.165, 1.54) is 49.6 Å². The summed E-state index contributed by atoms with van der Waals surface area (Å²) in [5.74, 6) is 0. The molecule has 6 rings (SSSR count). The Bertz CT molecular complexity index is 1440. The predicted molar refractivity (Wildman–Crippen MR) is 125 cm³/mol. The number of rotatable bonds is 1. The summed E-state index contributed by atoms with van der Waals surface area (Å²) in [5, 5.41) is 2.37. The summed E-state index contributed by atoms with van der Waals surface area (Å²) in [4.78, 5) is 0. The van der Waals surface area contributed by atoms with Gasteiger partial charge in [-0.25, -0.2) is 0 Å². The molecule has 138 valence electrons. The molecular weight excluding hydrogens is 351 g/mol. The largest absolute Gasteiger partial charge is 0.457 e. The highest BCUT2D eigenvalue weighted by Gasteiger charge is 2.35. The molecule has 1 aliphatic rings. The van der Waals surface area contributed by atoms with Gasteiger partial charge in [0.15, 0.2) is 0 Å². The molecule has 0 saturated heterocycles. The molecular formula is C27H21BO. The Balaban J connectivity index is 1.55. The van der Waals surface area contributed by atoms with Crippen LogP contribution in [0, 0.1) is 0 Å². The summed E-state index contributed by atoms with van der Waals surface area (Å²) in [6.07, 6.45) is 0. The lowest BCUT2D eigenvalue weighted by Gasteiger charge is -2.22. The summed E-state index contributed by atoms with van der Waals surface area (Å²) in [6.45, 7) is 4.66. The number of hydrogen-bond acceptors (Lipinski definition) is 1. The Morgan fingerprint density at radius 1 is 0.690 bits per heavy atom. The summed E-state index contributed by atoms with van der Waals surface area (Å²) >= 11 is 0. The predicted octanol–water partition coefficient (Wildman–Crippen LogP) is 5.82. The maximum atomic E-state index is 6.12. The van der Waals surface area contributed by atoms with Crippen LogP contribution < -0.4 is 5.46 Å². The third kappa shape index (κ3) is 2.23. The van der Waals surface area contributed by atoms with Gasteiger partial charge in [0.1, 0.15) is 19.0 Å². The van der Waals surface area contributed by atoms with Gasteiger partial charge in [0.25, 0.3) is 0 Å². The van der Waals surface area contributed by atoms with Crippen LogP contribution in [0.2, 0.25) is 0 Å². The summed E-state index contributed by atoms with van der Waals surface area (Å²) < 4.78 is 6.12. The number of para-hydroxylation sites is 1. The van der Waals surface area contributed by atoms with Gasteiger partial charge in [-0.05, 0) is 57.0 Å². The Morgan fingerprint density at radius 2 is 1.45 bits per heavy atom. The van der Waals surface area contributed by atoms with Crippen LogP contribution >= 0.6 is 0 Å². The van der Waals surface area contributed by atoms with Crippen molar-refractivity contribution in [2.75, 3.05) is 0 Å². The zero-order chi connectivity index (χ0) is 19.8. The van der Waals surface area contributed by atoms with Gasteiger partial charge in [0, 0.05) is 16.2 Å². The van der Waals surface area contributed by atoms with E-state index in [4.69, 9.17) is 4.42 Å². The SMILES string of the molecule is Bc1cccc2c1oc1ccc(-c3ccc4c(c3)C(C)(C)c3ccccc3-4)cc12. The maximum Gasteiger partial charge on any atom is 0.144 e. The van der Waals surface area contributed by atoms with Crippen LogP contribution in [0.1, 0.15) is 25.0 Å². The number of furan rings is 1. The van der Waals surface area contributed by atoms with Gasteiger partial charge in [0.05, 0.1) is 0 Å². The van der Waals surface area contributed by atoms with Gasteiger partial charge in [-0.1, -0.05) is 74.5 Å². The van der Waals surface area contributed by atoms with E-state index in [2.05, 4.69) is 101 Å². The summed E-state index contributed by atoms with van der Waals surface area (Å²) in [6, 6.07) is 28.6. The van der Waals surface area contributed by atoms with E-state index < -0.39 is 0 Å². The average Bonchev–Trinajstić information content (AvgIpc) is 3.22. The molecule has 0 N–H and O–H groups in total. The van der Waals surface area contributed by atoms with E-state index >= 15 is 0 Å². The van der Waals surface area contributed by atoms with Gasteiger partial charge < -0.3 is 4.42 Å². The number of hydrogen-bond donors (Lipinski definition) is 0. The van der Waals surface area contributed by atoms with Crippen molar-refractivity contribution in [1.82, 2.24) is 0 Å². The molecule has 29 heavy (non-hydrogen) atoms. The Morgan fingerprint density at radius 3 is 2.34 bits per heavy atom. The molecule has 1 nitrogen and oxygen atoms in total. The fourth-order valence-electron chi connectivity index (χ4n) is 5.00. The van der Waals surface area contributed by atoms with E-state index in [1.807, 2.05) is 0 Å². The van der Waals surface area contributed by atoms with Crippen molar-refractivity contribution in [3.63, 3.8) is 0 Å². The first-order valence-corrected chi connectivity index (χ1v) is 10.2. The second-order valence-corrected chi connectivity index (χ2v) is 8.70. The number of benzene rings is 4. The first-order valence-electron chi connectivity index (χ1n) is 10.2. The molecule has 4 aromatic carbocycles. The molecule has 1 aromatic heterocycles. The van der Waals surface area contributed by atoms with Crippen molar-refractivity contribution in [2.45, 2.75) is 19.3 Å². The minimum Gasteiger partial charge on any atom is -0.457 e. The molecule has 0 fully saturated rings. The Hall–Kier alpha value is -3.26. The van der Waals surface area contributed by atoms with Crippen LogP contribution in [0.15, 0.2) is 83.3 Å². The van der Waals surface area contributed by atoms with Crippen LogP contribution in [-0.2, 0) is 5.41 Å². The highest BCUT2D eigenvalue weighted by Crippen LogP contribution is 2.49. The monoisotopic (exact) mass is 372 g/mol. The van der Waals surface area contributed by atoms with Gasteiger partial charge in [-0.15, -0.1) is 0 Å². The van der Waals surface area contributed by atoms with E-state index in [0.29, 0.717) is 0 Å². The molecule has 0 unspecified atom stereocenters. The van der Waals surface area contributed by atoms with E-state index in [9.17, 15) is 0 Å². The van der Waals surface area contributed by atoms with E-state index in [1.54, 1.807) is 0 Å². The van der Waals surface area contributed by atoms with Gasteiger partial charge >= 0.3 is 0 Å². The standard InChI is InChI=1S/C27H21BO/c1-27(2)22-8-4-3-6-18(22)19-12-10-17(15-23(19)27)16-11-13-25-21(14-16)20-7-5-9-24(28)26(20)29-25/h3-15H,28H2,1-2H3. The summed E-state index contributed by atoms with van der Waals surface area (Å²) in [7, 11) is 2.10. The van der Waals surface area contributed by atoms with E-state index in [0.717, 1.165) is 11.2 Å². The van der Waals surface area contributed by atoms with Crippen LogP contribution in [0.5, 0.6) is 0 Å². The zero-order valence-corrected chi connectivity index (χ0v) is 16.9. The van der Waals surface area contributed by atoms with Crippen LogP contribution in [-0.4, -0.2) is 7.85 Å². The lowest BCUT2D eigenvalue weighted by Crippen LogP contribution is -2.14. The molecule has 1 aliphatic carbocycles. The van der Waals surface area contributed by atoms with Crippen molar-refractivity contribution in [1.29, 1.82) is 0 Å². The van der Waals surface area contributed by atoms with Crippen molar-refractivity contribution < 1.29 is 4.42 Å². The fourth-order valence-corrected chi connectivity index (χ4v) is 5.00. The fraction of sp³-hybridized carbons (Fsp3) is 0.111. The highest BCUT2D eigenvalue weighted by atomic mass is 16.3. The molecule has 0 saturated carbocycles. The van der Waals surface area contributed by atoms with Crippen molar-refractivity contribution in [3.05, 3.63) is 90.0 Å². The molecule has 0 bridgehead atoms. The topological polar surface area (TPSA) is 13.1 Å². The summed E-state index contributed by atoms with van der Waals surface area (Å²) in [5.41, 5.74) is 11.2. The van der Waals surface area contributed by atoms with Crippen molar-refractivity contribution in [2.24, 2.45) is 0 Å². The first kappa shape index (κ1) is 16.7. The lowest BCUT2D eigenvalue weighted by molar-refractivity contribution is 0.660. The molecule has 0 radical (unpaired) electrons. The Kier molecular flexibility index (Phi) is 3.24. The molecule has 2 heteroatoms. The smallest absolute Gasteiger partial charge is 0.144 e. The van der Waals surface area contributed by atoms with E-state index in [-0.39, 0.29) is 5.41 Å². The molecule has 0 aliphatic heterocycles. The zero-order valence-electron chi connectivity index (χ0n) is 16.9. The molecule has 1 heterocycles. The lowest BCUT2D eigenvalue weighted by atomic mass is 9.81. The second-order valence-electron chi connectivity index (χ2n) is 8.70. The Labute approximate surface area is 171 Å². The van der Waals surface area contributed by atoms with Gasteiger partial charge in [-0.2, -0.15) is 0 Å². The molecule has 5 aromatic rings. The first-order chi connectivity index (χ1) is 14.0. The molecule has 0 atom stereocenters. The molecule has 0 spiro atoms. The normalized spacial score (nSPS) is 14.3. The van der Waals surface area contributed by atoms with Crippen LogP contribution in [0.4, 0.5) is 0 Å². The van der Waals surface area contributed by atoms with Gasteiger partial charge in [-0.3, -0.25) is 0 Å². The average molecular weight is 372 g/mol.